The maximum Gasteiger partial charge on any atom is 0.222 e. The lowest BCUT2D eigenvalue weighted by Crippen LogP contribution is -2.05. The van der Waals surface area contributed by atoms with Crippen molar-refractivity contribution in [3.05, 3.63) is 34.9 Å². The number of benzene rings is 1. The first kappa shape index (κ1) is 13.1. The highest BCUT2D eigenvalue weighted by atomic mass is 35.5. The highest BCUT2D eigenvalue weighted by molar-refractivity contribution is 7.22. The molecule has 102 valence electrons. The molecule has 0 aliphatic carbocycles. The van der Waals surface area contributed by atoms with E-state index >= 15 is 0 Å². The van der Waals surface area contributed by atoms with E-state index in [0.29, 0.717) is 5.82 Å². The van der Waals surface area contributed by atoms with E-state index in [4.69, 9.17) is 11.6 Å². The minimum Gasteiger partial charge on any atom is -0.309 e. The lowest BCUT2D eigenvalue weighted by atomic mass is 10.1. The van der Waals surface area contributed by atoms with Crippen molar-refractivity contribution in [2.75, 3.05) is 5.32 Å². The molecular weight excluding hydrogens is 294 g/mol. The summed E-state index contributed by atoms with van der Waals surface area (Å²) in [6.07, 6.45) is 0. The fourth-order valence-electron chi connectivity index (χ4n) is 2.13. The van der Waals surface area contributed by atoms with E-state index in [1.807, 2.05) is 24.3 Å². The van der Waals surface area contributed by atoms with E-state index in [9.17, 15) is 4.79 Å². The van der Waals surface area contributed by atoms with Crippen LogP contribution in [0.3, 0.4) is 0 Å². The first-order valence-electron chi connectivity index (χ1n) is 6.06. The van der Waals surface area contributed by atoms with Crippen LogP contribution in [-0.2, 0) is 4.79 Å². The van der Waals surface area contributed by atoms with Crippen molar-refractivity contribution in [3.8, 4) is 10.6 Å². The maximum absolute atomic E-state index is 11.0. The molecule has 2 aromatic heterocycles. The number of aromatic nitrogens is 2. The summed E-state index contributed by atoms with van der Waals surface area (Å²) in [5, 5.41) is 11.6. The first-order chi connectivity index (χ1) is 9.54. The molecule has 3 aromatic rings. The number of amides is 1. The summed E-state index contributed by atoms with van der Waals surface area (Å²) >= 11 is 7.72. The summed E-state index contributed by atoms with van der Waals surface area (Å²) in [4.78, 5) is 12.1. The summed E-state index contributed by atoms with van der Waals surface area (Å²) in [6, 6.07) is 7.71. The van der Waals surface area contributed by atoms with E-state index in [1.165, 1.54) is 11.6 Å². The Kier molecular flexibility index (Phi) is 3.23. The molecule has 20 heavy (non-hydrogen) atoms. The molecule has 0 radical (unpaired) electrons. The van der Waals surface area contributed by atoms with Gasteiger partial charge in [-0.15, -0.1) is 11.3 Å². The second-order valence-corrected chi connectivity index (χ2v) is 6.03. The maximum atomic E-state index is 11.0. The van der Waals surface area contributed by atoms with Crippen LogP contribution in [0.2, 0.25) is 5.02 Å². The van der Waals surface area contributed by atoms with Gasteiger partial charge in [-0.3, -0.25) is 9.89 Å². The summed E-state index contributed by atoms with van der Waals surface area (Å²) in [5.74, 6) is 0.394. The molecular formula is C14H12ClN3OS. The van der Waals surface area contributed by atoms with Gasteiger partial charge in [-0.05, 0) is 36.1 Å². The van der Waals surface area contributed by atoms with Crippen LogP contribution >= 0.6 is 22.9 Å². The third-order valence-electron chi connectivity index (χ3n) is 3.02. The van der Waals surface area contributed by atoms with Gasteiger partial charge in [0.2, 0.25) is 5.91 Å². The SMILES string of the molecule is CC(=O)Nc1cc(-c2sc3ccc(Cl)cc3c2C)[nH]n1. The van der Waals surface area contributed by atoms with Gasteiger partial charge in [-0.2, -0.15) is 5.10 Å². The highest BCUT2D eigenvalue weighted by Crippen LogP contribution is 2.38. The number of carbonyl (C=O) groups is 1. The number of nitrogens with zero attached hydrogens (tertiary/aromatic N) is 1. The number of carbonyl (C=O) groups excluding carboxylic acids is 1. The Bertz CT molecular complexity index is 806. The van der Waals surface area contributed by atoms with Crippen molar-refractivity contribution in [2.24, 2.45) is 0 Å². The van der Waals surface area contributed by atoms with Crippen LogP contribution in [0, 0.1) is 6.92 Å². The lowest BCUT2D eigenvalue weighted by molar-refractivity contribution is -0.114. The molecule has 0 saturated carbocycles. The number of hydrogen-bond acceptors (Lipinski definition) is 3. The number of nitrogens with one attached hydrogen (secondary N) is 2. The third kappa shape index (κ3) is 2.30. The van der Waals surface area contributed by atoms with Crippen LogP contribution in [0.1, 0.15) is 12.5 Å². The topological polar surface area (TPSA) is 57.8 Å². The van der Waals surface area contributed by atoms with Gasteiger partial charge in [0.15, 0.2) is 5.82 Å². The van der Waals surface area contributed by atoms with Crippen molar-refractivity contribution in [1.82, 2.24) is 10.2 Å². The number of halogens is 1. The van der Waals surface area contributed by atoms with E-state index in [2.05, 4.69) is 22.4 Å². The molecule has 2 heterocycles. The van der Waals surface area contributed by atoms with Gasteiger partial charge in [0, 0.05) is 22.7 Å². The van der Waals surface area contributed by atoms with Gasteiger partial charge in [0.05, 0.1) is 10.6 Å². The van der Waals surface area contributed by atoms with E-state index in [-0.39, 0.29) is 5.91 Å². The largest absolute Gasteiger partial charge is 0.309 e. The molecule has 1 amide bonds. The Hall–Kier alpha value is -1.85. The van der Waals surface area contributed by atoms with E-state index in [0.717, 1.165) is 26.5 Å². The van der Waals surface area contributed by atoms with Crippen molar-refractivity contribution in [1.29, 1.82) is 0 Å². The summed E-state index contributed by atoms with van der Waals surface area (Å²) in [5.41, 5.74) is 2.05. The molecule has 0 saturated heterocycles. The smallest absolute Gasteiger partial charge is 0.222 e. The number of fused-ring (bicyclic) bond motifs is 1. The zero-order valence-electron chi connectivity index (χ0n) is 11.0. The Balaban J connectivity index is 2.07. The molecule has 1 aromatic carbocycles. The van der Waals surface area contributed by atoms with E-state index < -0.39 is 0 Å². The Morgan fingerprint density at radius 2 is 2.20 bits per heavy atom. The molecule has 0 bridgehead atoms. The quantitative estimate of drug-likeness (QED) is 0.745. The molecule has 4 nitrogen and oxygen atoms in total. The molecule has 0 fully saturated rings. The number of aromatic amines is 1. The van der Waals surface area contributed by atoms with Gasteiger partial charge in [0.1, 0.15) is 0 Å². The van der Waals surface area contributed by atoms with Gasteiger partial charge >= 0.3 is 0 Å². The predicted octanol–water partition coefficient (Wildman–Crippen LogP) is 4.21. The normalized spacial score (nSPS) is 10.9. The molecule has 0 unspecified atom stereocenters. The predicted molar refractivity (Wildman–Crippen MR) is 83.5 cm³/mol. The third-order valence-corrected chi connectivity index (χ3v) is 4.57. The average molecular weight is 306 g/mol. The summed E-state index contributed by atoms with van der Waals surface area (Å²) in [7, 11) is 0. The fourth-order valence-corrected chi connectivity index (χ4v) is 3.46. The van der Waals surface area contributed by atoms with Gasteiger partial charge in [-0.25, -0.2) is 0 Å². The monoisotopic (exact) mass is 305 g/mol. The van der Waals surface area contributed by atoms with Crippen LogP contribution in [0.5, 0.6) is 0 Å². The molecule has 0 aliphatic rings. The second-order valence-electron chi connectivity index (χ2n) is 4.54. The van der Waals surface area contributed by atoms with Crippen LogP contribution in [0.25, 0.3) is 20.7 Å². The molecule has 0 spiro atoms. The van der Waals surface area contributed by atoms with Crippen molar-refractivity contribution < 1.29 is 4.79 Å². The second kappa shape index (κ2) is 4.92. The number of rotatable bonds is 2. The van der Waals surface area contributed by atoms with Crippen LogP contribution in [0.4, 0.5) is 5.82 Å². The molecule has 3 rings (SSSR count). The van der Waals surface area contributed by atoms with Gasteiger partial charge in [-0.1, -0.05) is 11.6 Å². The minimum atomic E-state index is -0.136. The zero-order chi connectivity index (χ0) is 14.3. The van der Waals surface area contributed by atoms with Crippen molar-refractivity contribution >= 4 is 44.7 Å². The Labute approximate surface area is 124 Å². The number of H-pyrrole nitrogens is 1. The van der Waals surface area contributed by atoms with Crippen LogP contribution in [-0.4, -0.2) is 16.1 Å². The van der Waals surface area contributed by atoms with Crippen LogP contribution in [0.15, 0.2) is 24.3 Å². The number of thiophene rings is 1. The Morgan fingerprint density at radius 1 is 1.40 bits per heavy atom. The molecule has 2 N–H and O–H groups in total. The van der Waals surface area contributed by atoms with Crippen LogP contribution < -0.4 is 5.32 Å². The minimum absolute atomic E-state index is 0.136. The number of aryl methyl sites for hydroxylation is 1. The Morgan fingerprint density at radius 3 is 2.95 bits per heavy atom. The number of anilines is 1. The average Bonchev–Trinajstić information content (AvgIpc) is 2.95. The zero-order valence-corrected chi connectivity index (χ0v) is 12.5. The summed E-state index contributed by atoms with van der Waals surface area (Å²) < 4.78 is 1.18. The fraction of sp³-hybridized carbons (Fsp3) is 0.143. The standard InChI is InChI=1S/C14H12ClN3OS/c1-7-10-5-9(15)3-4-12(10)20-14(7)11-6-13(18-17-11)16-8(2)19/h3-6H,1-2H3,(H2,16,17,18,19). The van der Waals surface area contributed by atoms with Crippen molar-refractivity contribution in [2.45, 2.75) is 13.8 Å². The summed E-state index contributed by atoms with van der Waals surface area (Å²) in [6.45, 7) is 3.52. The van der Waals surface area contributed by atoms with Gasteiger partial charge in [0.25, 0.3) is 0 Å². The first-order valence-corrected chi connectivity index (χ1v) is 7.26. The van der Waals surface area contributed by atoms with Gasteiger partial charge < -0.3 is 5.32 Å². The number of hydrogen-bond donors (Lipinski definition) is 2. The molecule has 6 heteroatoms. The highest BCUT2D eigenvalue weighted by Gasteiger charge is 2.13. The lowest BCUT2D eigenvalue weighted by Gasteiger charge is -1.95. The molecule has 0 atom stereocenters. The van der Waals surface area contributed by atoms with Crippen molar-refractivity contribution in [3.63, 3.8) is 0 Å². The van der Waals surface area contributed by atoms with E-state index in [1.54, 1.807) is 11.3 Å². The molecule has 0 aliphatic heterocycles.